The van der Waals surface area contributed by atoms with Gasteiger partial charge in [0.15, 0.2) is 11.6 Å². The Hall–Kier alpha value is -5.27. The van der Waals surface area contributed by atoms with E-state index in [1.54, 1.807) is 36.4 Å². The molecule has 8 heteroatoms. The van der Waals surface area contributed by atoms with Gasteiger partial charge >= 0.3 is 0 Å². The molecule has 0 radical (unpaired) electrons. The summed E-state index contributed by atoms with van der Waals surface area (Å²) in [6.07, 6.45) is 4.33. The first-order valence-electron chi connectivity index (χ1n) is 16.9. The van der Waals surface area contributed by atoms with E-state index in [9.17, 15) is 24.6 Å². The van der Waals surface area contributed by atoms with Crippen molar-refractivity contribution in [2.24, 2.45) is 23.7 Å². The predicted octanol–water partition coefficient (Wildman–Crippen LogP) is 6.82. The Bertz CT molecular complexity index is 2110. The molecule has 2 amide bonds. The van der Waals surface area contributed by atoms with Crippen molar-refractivity contribution in [1.82, 2.24) is 4.90 Å². The van der Waals surface area contributed by atoms with Crippen LogP contribution in [0, 0.1) is 23.7 Å². The monoisotopic (exact) mass is 683 g/mol. The second kappa shape index (κ2) is 12.3. The molecular formula is C42H34ClNO6. The lowest BCUT2D eigenvalue weighted by atomic mass is 9.44. The molecule has 4 aromatic rings. The maximum atomic E-state index is 15.1. The van der Waals surface area contributed by atoms with Gasteiger partial charge < -0.3 is 10.2 Å². The molecular weight excluding hydrogens is 650 g/mol. The average molecular weight is 684 g/mol. The van der Waals surface area contributed by atoms with Crippen LogP contribution in [0.15, 0.2) is 121 Å². The number of hydrogen-bond donors (Lipinski definition) is 2. The molecule has 0 aromatic heterocycles. The van der Waals surface area contributed by atoms with Gasteiger partial charge in [0.1, 0.15) is 11.5 Å². The van der Waals surface area contributed by atoms with Crippen molar-refractivity contribution in [2.45, 2.75) is 30.6 Å². The predicted molar refractivity (Wildman–Crippen MR) is 188 cm³/mol. The molecule has 250 valence electrons. The lowest BCUT2D eigenvalue weighted by Gasteiger charge is -2.55. The molecule has 0 bridgehead atoms. The van der Waals surface area contributed by atoms with Crippen LogP contribution in [-0.4, -0.2) is 45.0 Å². The standard InChI is InChI=1S/C42H34ClNO6/c43-27-13-18-35(46)33(21-27)38-29-16-17-30-37(41(50)44(40(30)49)20-19-24-11-14-28(45)15-12-24)32(29)22-34-39(48)31(25-7-3-1-4-8-25)23-36(47)42(34,38)26-9-5-2-6-10-26/h1-16,18,21,23,30,32,34,37-38,45-46H,17,19-20,22H2/t30-,32+,34-,37-,38+,42-/m0/s1. The summed E-state index contributed by atoms with van der Waals surface area (Å²) in [4.78, 5) is 59.7. The molecule has 7 nitrogen and oxygen atoms in total. The van der Waals surface area contributed by atoms with Crippen LogP contribution in [0.5, 0.6) is 11.5 Å². The molecule has 4 aromatic carbocycles. The fourth-order valence-electron chi connectivity index (χ4n) is 9.16. The maximum absolute atomic E-state index is 15.1. The van der Waals surface area contributed by atoms with Crippen LogP contribution >= 0.6 is 11.6 Å². The summed E-state index contributed by atoms with van der Waals surface area (Å²) in [5.41, 5.74) is 2.18. The van der Waals surface area contributed by atoms with Crippen molar-refractivity contribution in [2.75, 3.05) is 6.54 Å². The summed E-state index contributed by atoms with van der Waals surface area (Å²) < 4.78 is 0. The molecule has 0 unspecified atom stereocenters. The minimum absolute atomic E-state index is 0.0698. The third kappa shape index (κ3) is 4.86. The number of nitrogens with zero attached hydrogens (tertiary/aromatic N) is 1. The number of ketones is 2. The number of carbonyl (C=O) groups is 4. The van der Waals surface area contributed by atoms with Crippen molar-refractivity contribution in [1.29, 1.82) is 0 Å². The Kier molecular flexibility index (Phi) is 7.83. The summed E-state index contributed by atoms with van der Waals surface area (Å²) in [5, 5.41) is 21.5. The molecule has 1 aliphatic heterocycles. The summed E-state index contributed by atoms with van der Waals surface area (Å²) >= 11 is 6.58. The quantitative estimate of drug-likeness (QED) is 0.171. The normalized spacial score (nSPS) is 27.3. The molecule has 8 rings (SSSR count). The summed E-state index contributed by atoms with van der Waals surface area (Å²) in [7, 11) is 0. The summed E-state index contributed by atoms with van der Waals surface area (Å²) in [5.74, 6) is -4.56. The fraction of sp³-hybridized carbons (Fsp3) is 0.238. The van der Waals surface area contributed by atoms with Gasteiger partial charge in [-0.15, -0.1) is 0 Å². The molecule has 1 saturated heterocycles. The first-order chi connectivity index (χ1) is 24.2. The van der Waals surface area contributed by atoms with Crippen molar-refractivity contribution >= 4 is 40.6 Å². The number of hydrogen-bond acceptors (Lipinski definition) is 6. The summed E-state index contributed by atoms with van der Waals surface area (Å²) in [6.45, 7) is 0.186. The Morgan fingerprint density at radius 2 is 1.50 bits per heavy atom. The van der Waals surface area contributed by atoms with Gasteiger partial charge in [0.05, 0.1) is 17.3 Å². The maximum Gasteiger partial charge on any atom is 0.233 e. The third-order valence-corrected chi connectivity index (χ3v) is 11.6. The number of likely N-dealkylation sites (tertiary alicyclic amines) is 1. The Morgan fingerprint density at radius 1 is 0.800 bits per heavy atom. The van der Waals surface area contributed by atoms with Crippen LogP contribution in [0.1, 0.15) is 41.0 Å². The van der Waals surface area contributed by atoms with Crippen LogP contribution in [-0.2, 0) is 31.0 Å². The van der Waals surface area contributed by atoms with Crippen LogP contribution in [0.2, 0.25) is 5.02 Å². The Morgan fingerprint density at radius 3 is 2.22 bits per heavy atom. The van der Waals surface area contributed by atoms with E-state index in [-0.39, 0.29) is 54.3 Å². The second-order valence-electron chi connectivity index (χ2n) is 13.7. The summed E-state index contributed by atoms with van der Waals surface area (Å²) in [6, 6.07) is 29.8. The number of phenolic OH excluding ortho intramolecular Hbond substituents is 2. The molecule has 4 aliphatic rings. The number of imide groups is 1. The first kappa shape index (κ1) is 32.0. The molecule has 1 saturated carbocycles. The number of allylic oxidation sites excluding steroid dienone is 4. The largest absolute Gasteiger partial charge is 0.508 e. The number of amides is 2. The minimum Gasteiger partial charge on any atom is -0.508 e. The van der Waals surface area contributed by atoms with E-state index in [1.165, 1.54) is 17.0 Å². The highest BCUT2D eigenvalue weighted by atomic mass is 35.5. The zero-order valence-corrected chi connectivity index (χ0v) is 27.8. The second-order valence-corrected chi connectivity index (χ2v) is 14.2. The van der Waals surface area contributed by atoms with E-state index in [1.807, 2.05) is 66.7 Å². The van der Waals surface area contributed by atoms with Crippen LogP contribution < -0.4 is 0 Å². The van der Waals surface area contributed by atoms with Crippen LogP contribution in [0.4, 0.5) is 0 Å². The van der Waals surface area contributed by atoms with Crippen LogP contribution in [0.25, 0.3) is 5.57 Å². The van der Waals surface area contributed by atoms with Crippen molar-refractivity contribution in [3.8, 4) is 11.5 Å². The Labute approximate surface area is 294 Å². The lowest BCUT2D eigenvalue weighted by Crippen LogP contribution is -2.58. The number of aromatic hydroxyl groups is 2. The van der Waals surface area contributed by atoms with E-state index in [0.717, 1.165) is 11.1 Å². The van der Waals surface area contributed by atoms with Gasteiger partial charge in [0.2, 0.25) is 11.8 Å². The highest BCUT2D eigenvalue weighted by molar-refractivity contribution is 6.32. The highest BCUT2D eigenvalue weighted by Gasteiger charge is 2.66. The molecule has 1 heterocycles. The van der Waals surface area contributed by atoms with Gasteiger partial charge in [-0.05, 0) is 78.3 Å². The molecule has 2 fully saturated rings. The van der Waals surface area contributed by atoms with Gasteiger partial charge in [-0.1, -0.05) is 96.0 Å². The number of carbonyl (C=O) groups excluding carboxylic acids is 4. The number of halogens is 1. The first-order valence-corrected chi connectivity index (χ1v) is 17.3. The van der Waals surface area contributed by atoms with Crippen molar-refractivity contribution in [3.05, 3.63) is 148 Å². The van der Waals surface area contributed by atoms with Crippen LogP contribution in [0.3, 0.4) is 0 Å². The zero-order chi connectivity index (χ0) is 34.7. The number of benzene rings is 4. The topological polar surface area (TPSA) is 112 Å². The molecule has 3 aliphatic carbocycles. The highest BCUT2D eigenvalue weighted by Crippen LogP contribution is 2.64. The number of Topliss-reactive ketones (excluding diaryl/α,β-unsaturated/α-hetero) is 1. The van der Waals surface area contributed by atoms with Gasteiger partial charge in [0.25, 0.3) is 0 Å². The van der Waals surface area contributed by atoms with Gasteiger partial charge in [-0.2, -0.15) is 0 Å². The molecule has 0 spiro atoms. The number of phenols is 2. The fourth-order valence-corrected chi connectivity index (χ4v) is 9.35. The van der Waals surface area contributed by atoms with Gasteiger partial charge in [-0.3, -0.25) is 24.1 Å². The zero-order valence-electron chi connectivity index (χ0n) is 27.0. The number of fused-ring (bicyclic) bond motifs is 4. The third-order valence-electron chi connectivity index (χ3n) is 11.3. The van der Waals surface area contributed by atoms with E-state index < -0.39 is 35.0 Å². The van der Waals surface area contributed by atoms with Crippen molar-refractivity contribution in [3.63, 3.8) is 0 Å². The minimum atomic E-state index is -1.45. The van der Waals surface area contributed by atoms with E-state index >= 15 is 4.79 Å². The van der Waals surface area contributed by atoms with E-state index in [4.69, 9.17) is 11.6 Å². The SMILES string of the molecule is O=C1C(c2ccccc2)=CC(=O)[C@@]2(c3ccccc3)[C@@H](c3cc(Cl)ccc3O)C3=CC[C@@H]4C(=O)N(CCc5ccc(O)cc5)C(=O)[C@@H]4[C@@H]3C[C@@H]12. The lowest BCUT2D eigenvalue weighted by molar-refractivity contribution is -0.140. The van der Waals surface area contributed by atoms with Gasteiger partial charge in [-0.25, -0.2) is 0 Å². The average Bonchev–Trinajstić information content (AvgIpc) is 3.38. The molecule has 50 heavy (non-hydrogen) atoms. The van der Waals surface area contributed by atoms with Gasteiger partial charge in [0, 0.05) is 34.5 Å². The number of rotatable bonds is 6. The van der Waals surface area contributed by atoms with Crippen molar-refractivity contribution < 1.29 is 29.4 Å². The van der Waals surface area contributed by atoms with E-state index in [0.29, 0.717) is 33.7 Å². The molecule has 6 atom stereocenters. The molecule has 2 N–H and O–H groups in total. The smallest absolute Gasteiger partial charge is 0.233 e. The van der Waals surface area contributed by atoms with E-state index in [2.05, 4.69) is 0 Å². The Balaban J connectivity index is 1.29.